The number of carbonyl (C=O) groups excluding carboxylic acids is 7. The number of alkyl carbamates (subject to hydrolysis) is 1. The maximum absolute atomic E-state index is 13.6. The Hall–Kier alpha value is -5.25. The predicted molar refractivity (Wildman–Crippen MR) is 265 cm³/mol. The molecule has 0 bridgehead atoms. The SMILES string of the molecule is CCC=CCC=CCCCCCC(CCCCCCC)C(=O)COC(=O)C(C)(C)NC(=O)C(CC(C)C)NC(=O)OCc1ccc(NC(=O)C(CCCNC(N)=O)NC(=O)C(N)C(C)C)cc1. The minimum atomic E-state index is -1.50. The van der Waals surface area contributed by atoms with E-state index in [0.717, 1.165) is 83.5 Å². The number of esters is 1. The average Bonchev–Trinajstić information content (AvgIpc) is 3.27. The molecule has 1 aromatic carbocycles. The number of nitrogens with one attached hydrogen (secondary N) is 5. The van der Waals surface area contributed by atoms with Gasteiger partial charge in [-0.2, -0.15) is 0 Å². The molecule has 16 heteroatoms. The largest absolute Gasteiger partial charge is 0.456 e. The van der Waals surface area contributed by atoms with Crippen molar-refractivity contribution in [3.8, 4) is 0 Å². The summed E-state index contributed by atoms with van der Waals surface area (Å²) in [4.78, 5) is 90.3. The Kier molecular flexibility index (Phi) is 30.4. The van der Waals surface area contributed by atoms with E-state index >= 15 is 0 Å². The zero-order valence-electron chi connectivity index (χ0n) is 41.8. The number of ketones is 1. The summed E-state index contributed by atoms with van der Waals surface area (Å²) in [7, 11) is 0. The lowest BCUT2D eigenvalue weighted by Crippen LogP contribution is -2.57. The molecule has 4 atom stereocenters. The van der Waals surface area contributed by atoms with Crippen molar-refractivity contribution in [1.29, 1.82) is 0 Å². The molecular formula is C51H85N7O9. The zero-order valence-corrected chi connectivity index (χ0v) is 41.8. The van der Waals surface area contributed by atoms with E-state index in [1.54, 1.807) is 38.1 Å². The molecule has 9 N–H and O–H groups in total. The molecule has 378 valence electrons. The number of allylic oxidation sites excluding steroid dienone is 4. The first-order valence-electron chi connectivity index (χ1n) is 24.5. The highest BCUT2D eigenvalue weighted by atomic mass is 16.5. The number of urea groups is 1. The summed E-state index contributed by atoms with van der Waals surface area (Å²) in [5.74, 6) is -2.82. The fourth-order valence-corrected chi connectivity index (χ4v) is 7.03. The summed E-state index contributed by atoms with van der Waals surface area (Å²) in [6, 6.07) is 3.00. The fourth-order valence-electron chi connectivity index (χ4n) is 7.03. The van der Waals surface area contributed by atoms with E-state index in [0.29, 0.717) is 17.7 Å². The molecule has 0 radical (unpaired) electrons. The highest BCUT2D eigenvalue weighted by molar-refractivity contribution is 5.98. The van der Waals surface area contributed by atoms with Gasteiger partial charge in [-0.25, -0.2) is 14.4 Å². The van der Waals surface area contributed by atoms with Gasteiger partial charge in [0.25, 0.3) is 0 Å². The van der Waals surface area contributed by atoms with Crippen LogP contribution in [0, 0.1) is 17.8 Å². The second kappa shape index (κ2) is 34.1. The molecule has 4 unspecified atom stereocenters. The first kappa shape index (κ1) is 59.8. The molecule has 0 fully saturated rings. The van der Waals surface area contributed by atoms with Crippen molar-refractivity contribution in [2.75, 3.05) is 18.5 Å². The van der Waals surface area contributed by atoms with Crippen LogP contribution in [-0.2, 0) is 40.1 Å². The quantitative estimate of drug-likeness (QED) is 0.0196. The van der Waals surface area contributed by atoms with Crippen LogP contribution < -0.4 is 38.1 Å². The van der Waals surface area contributed by atoms with Gasteiger partial charge in [0.2, 0.25) is 17.7 Å². The summed E-state index contributed by atoms with van der Waals surface area (Å²) in [6.45, 7) is 14.3. The molecule has 0 aromatic heterocycles. The average molecular weight is 940 g/mol. The van der Waals surface area contributed by atoms with E-state index in [1.165, 1.54) is 13.8 Å². The van der Waals surface area contributed by atoms with Crippen LogP contribution in [0.25, 0.3) is 0 Å². The molecular weight excluding hydrogens is 855 g/mol. The van der Waals surface area contributed by atoms with Crippen LogP contribution in [0.5, 0.6) is 0 Å². The highest BCUT2D eigenvalue weighted by Gasteiger charge is 2.35. The Balaban J connectivity index is 2.82. The molecule has 0 spiro atoms. The zero-order chi connectivity index (χ0) is 50.2. The summed E-state index contributed by atoms with van der Waals surface area (Å²) in [6.07, 6.45) is 21.6. The van der Waals surface area contributed by atoms with Crippen LogP contribution in [0.2, 0.25) is 0 Å². The van der Waals surface area contributed by atoms with Gasteiger partial charge < -0.3 is 47.5 Å². The summed E-state index contributed by atoms with van der Waals surface area (Å²) < 4.78 is 11.0. The number of primary amides is 1. The third-order valence-electron chi connectivity index (χ3n) is 11.2. The number of ether oxygens (including phenoxy) is 2. The van der Waals surface area contributed by atoms with E-state index in [1.807, 2.05) is 13.8 Å². The van der Waals surface area contributed by atoms with E-state index in [9.17, 15) is 33.6 Å². The van der Waals surface area contributed by atoms with Crippen molar-refractivity contribution in [3.05, 3.63) is 54.1 Å². The lowest BCUT2D eigenvalue weighted by molar-refractivity contribution is -0.156. The maximum atomic E-state index is 13.6. The van der Waals surface area contributed by atoms with Crippen LogP contribution in [0.1, 0.15) is 164 Å². The molecule has 0 aliphatic carbocycles. The number of carbonyl (C=O) groups is 7. The van der Waals surface area contributed by atoms with Gasteiger partial charge in [0, 0.05) is 18.2 Å². The standard InChI is InChI=1S/C51H85N7O9/c1-9-11-13-15-16-17-18-19-21-23-26-39(25-22-20-14-12-10-2)43(59)35-66-48(63)51(7,8)58-46(61)42(33-36(3)4)57-50(65)67-34-38-28-30-40(31-29-38)55-45(60)41(27-24-32-54-49(53)64)56-47(62)44(52)37(5)6/h11,13,16-17,28-31,36-37,39,41-42,44H,9-10,12,14-15,18-27,32-35,52H2,1-8H3,(H,55,60)(H,56,62)(H,57,65)(H,58,61)(H3,53,54,64). The smallest absolute Gasteiger partial charge is 0.408 e. The van der Waals surface area contributed by atoms with Gasteiger partial charge in [-0.3, -0.25) is 19.2 Å². The van der Waals surface area contributed by atoms with Crippen molar-refractivity contribution in [2.45, 2.75) is 188 Å². The molecule has 16 nitrogen and oxygen atoms in total. The van der Waals surface area contributed by atoms with Gasteiger partial charge in [0.1, 0.15) is 30.8 Å². The predicted octanol–water partition coefficient (Wildman–Crippen LogP) is 8.03. The van der Waals surface area contributed by atoms with Crippen LogP contribution in [0.3, 0.4) is 0 Å². The first-order valence-corrected chi connectivity index (χ1v) is 24.5. The van der Waals surface area contributed by atoms with Crippen molar-refractivity contribution in [1.82, 2.24) is 21.3 Å². The molecule has 1 rings (SSSR count). The first-order chi connectivity index (χ1) is 31.8. The summed E-state index contributed by atoms with van der Waals surface area (Å²) in [5, 5.41) is 13.2. The number of Topliss-reactive ketones (excluding diaryl/α,β-unsaturated/α-hetero) is 1. The second-order valence-corrected chi connectivity index (χ2v) is 18.6. The second-order valence-electron chi connectivity index (χ2n) is 18.6. The summed E-state index contributed by atoms with van der Waals surface area (Å²) >= 11 is 0. The third kappa shape index (κ3) is 27.2. The molecule has 1 aromatic rings. The monoisotopic (exact) mass is 940 g/mol. The molecule has 6 amide bonds. The minimum Gasteiger partial charge on any atom is -0.456 e. The molecule has 0 aliphatic rings. The molecule has 0 saturated carbocycles. The van der Waals surface area contributed by atoms with Gasteiger partial charge in [-0.1, -0.05) is 123 Å². The lowest BCUT2D eigenvalue weighted by Gasteiger charge is -2.28. The topological polar surface area (TPSA) is 250 Å². The highest BCUT2D eigenvalue weighted by Crippen LogP contribution is 2.21. The van der Waals surface area contributed by atoms with Gasteiger partial charge in [0.05, 0.1) is 6.04 Å². The lowest BCUT2D eigenvalue weighted by atomic mass is 9.91. The maximum Gasteiger partial charge on any atom is 0.408 e. The number of amides is 6. The van der Waals surface area contributed by atoms with Crippen molar-refractivity contribution in [2.24, 2.45) is 29.2 Å². The van der Waals surface area contributed by atoms with Gasteiger partial charge >= 0.3 is 18.1 Å². The Morgan fingerprint density at radius 3 is 1.97 bits per heavy atom. The Bertz CT molecular complexity index is 1710. The summed E-state index contributed by atoms with van der Waals surface area (Å²) in [5.41, 5.74) is 10.6. The van der Waals surface area contributed by atoms with E-state index < -0.39 is 59.5 Å². The Labute approximate surface area is 400 Å². The van der Waals surface area contributed by atoms with Crippen molar-refractivity contribution < 1.29 is 43.0 Å². The number of anilines is 1. The van der Waals surface area contributed by atoms with Crippen molar-refractivity contribution in [3.63, 3.8) is 0 Å². The number of benzene rings is 1. The Morgan fingerprint density at radius 2 is 1.36 bits per heavy atom. The molecule has 0 heterocycles. The van der Waals surface area contributed by atoms with Gasteiger partial charge in [0.15, 0.2) is 5.78 Å². The number of rotatable bonds is 35. The molecule has 67 heavy (non-hydrogen) atoms. The molecule has 0 saturated heterocycles. The van der Waals surface area contributed by atoms with Crippen LogP contribution in [0.4, 0.5) is 15.3 Å². The van der Waals surface area contributed by atoms with Crippen LogP contribution in [0.15, 0.2) is 48.6 Å². The van der Waals surface area contributed by atoms with Gasteiger partial charge in [-0.05, 0) is 101 Å². The van der Waals surface area contributed by atoms with Crippen molar-refractivity contribution >= 4 is 47.3 Å². The minimum absolute atomic E-state index is 0.0125. The van der Waals surface area contributed by atoms with E-state index in [4.69, 9.17) is 20.9 Å². The molecule has 0 aliphatic heterocycles. The van der Waals surface area contributed by atoms with E-state index in [2.05, 4.69) is 64.7 Å². The van der Waals surface area contributed by atoms with Crippen LogP contribution >= 0.6 is 0 Å². The number of nitrogens with two attached hydrogens (primary N) is 2. The normalized spacial score (nSPS) is 13.5. The van der Waals surface area contributed by atoms with E-state index in [-0.39, 0.29) is 56.1 Å². The number of unbranched alkanes of at least 4 members (excludes halogenated alkanes) is 7. The fraction of sp³-hybridized carbons (Fsp3) is 0.667. The Morgan fingerprint density at radius 1 is 0.716 bits per heavy atom. The van der Waals surface area contributed by atoms with Crippen LogP contribution in [-0.4, -0.2) is 78.4 Å². The number of hydrogen-bond acceptors (Lipinski definition) is 10. The number of hydrogen-bond donors (Lipinski definition) is 7. The third-order valence-corrected chi connectivity index (χ3v) is 11.2. The van der Waals surface area contributed by atoms with Gasteiger partial charge in [-0.15, -0.1) is 0 Å².